The van der Waals surface area contributed by atoms with E-state index in [1.165, 1.54) is 11.1 Å². The van der Waals surface area contributed by atoms with E-state index in [1.807, 2.05) is 61.9 Å². The monoisotopic (exact) mass is 488 g/mol. The zero-order valence-electron chi connectivity index (χ0n) is 21.9. The van der Waals surface area contributed by atoms with E-state index in [4.69, 9.17) is 4.74 Å². The number of rotatable bonds is 5. The van der Waals surface area contributed by atoms with E-state index in [9.17, 15) is 9.59 Å². The van der Waals surface area contributed by atoms with Crippen molar-refractivity contribution in [1.82, 2.24) is 20.0 Å². The molecule has 1 aliphatic heterocycles. The fourth-order valence-corrected chi connectivity index (χ4v) is 4.52. The number of carbonyl (C=O) groups is 2. The predicted octanol–water partition coefficient (Wildman–Crippen LogP) is 5.53. The number of hydrogen-bond acceptors (Lipinski definition) is 4. The molecule has 0 unspecified atom stereocenters. The molecule has 7 heteroatoms. The Bertz CT molecular complexity index is 1220. The van der Waals surface area contributed by atoms with Gasteiger partial charge in [-0.25, -0.2) is 9.48 Å². The molecule has 2 heterocycles. The zero-order valence-corrected chi connectivity index (χ0v) is 21.9. The lowest BCUT2D eigenvalue weighted by atomic mass is 9.90. The van der Waals surface area contributed by atoms with E-state index in [1.54, 1.807) is 11.1 Å². The number of likely N-dealkylation sites (tertiary alicyclic amines) is 1. The first kappa shape index (κ1) is 25.5. The van der Waals surface area contributed by atoms with Crippen molar-refractivity contribution in [2.45, 2.75) is 65.5 Å². The number of benzene rings is 2. The van der Waals surface area contributed by atoms with Crippen LogP contribution in [0.4, 0.5) is 4.79 Å². The van der Waals surface area contributed by atoms with E-state index in [-0.39, 0.29) is 17.9 Å². The second-order valence-electron chi connectivity index (χ2n) is 10.5. The maximum atomic E-state index is 13.3. The normalized spacial score (nSPS) is 14.5. The Balaban J connectivity index is 1.59. The van der Waals surface area contributed by atoms with Gasteiger partial charge in [-0.15, -0.1) is 0 Å². The third-order valence-electron chi connectivity index (χ3n) is 6.62. The molecular formula is C29H36N4O3. The van der Waals surface area contributed by atoms with Crippen LogP contribution in [0, 0.1) is 13.8 Å². The molecule has 1 fully saturated rings. The Hall–Kier alpha value is -3.61. The van der Waals surface area contributed by atoms with Crippen LogP contribution in [-0.2, 0) is 11.3 Å². The Labute approximate surface area is 213 Å². The number of aryl methyl sites for hydroxylation is 2. The minimum Gasteiger partial charge on any atom is -0.444 e. The first-order valence-corrected chi connectivity index (χ1v) is 12.6. The van der Waals surface area contributed by atoms with Gasteiger partial charge in [0.15, 0.2) is 0 Å². The lowest BCUT2D eigenvalue weighted by Crippen LogP contribution is -2.41. The summed E-state index contributed by atoms with van der Waals surface area (Å²) >= 11 is 0. The summed E-state index contributed by atoms with van der Waals surface area (Å²) in [4.78, 5) is 27.7. The first-order valence-electron chi connectivity index (χ1n) is 12.6. The standard InChI is InChI=1S/C29H36N4O3/c1-20-11-12-24(17-21(20)2)33-26(23-13-15-32(16-14-23)28(35)36-29(3,4)5)25(19-31-33)27(34)30-18-22-9-7-6-8-10-22/h6-12,17,19,23H,13-16,18H2,1-5H3,(H,30,34). The van der Waals surface area contributed by atoms with Crippen LogP contribution in [0.1, 0.15) is 72.3 Å². The second-order valence-corrected chi connectivity index (χ2v) is 10.5. The van der Waals surface area contributed by atoms with Gasteiger partial charge in [0, 0.05) is 25.6 Å². The van der Waals surface area contributed by atoms with Crippen LogP contribution in [-0.4, -0.2) is 45.4 Å². The molecule has 1 aromatic heterocycles. The van der Waals surface area contributed by atoms with E-state index in [2.05, 4.69) is 36.4 Å². The summed E-state index contributed by atoms with van der Waals surface area (Å²) in [6.45, 7) is 11.4. The third-order valence-corrected chi connectivity index (χ3v) is 6.62. The quantitative estimate of drug-likeness (QED) is 0.512. The molecular weight excluding hydrogens is 452 g/mol. The molecule has 0 saturated carbocycles. The SMILES string of the molecule is Cc1ccc(-n2ncc(C(=O)NCc3ccccc3)c2C2CCN(C(=O)OC(C)(C)C)CC2)cc1C. The average molecular weight is 489 g/mol. The molecule has 2 aromatic carbocycles. The second kappa shape index (κ2) is 10.6. The maximum Gasteiger partial charge on any atom is 0.410 e. The lowest BCUT2D eigenvalue weighted by molar-refractivity contribution is 0.0203. The molecule has 0 spiro atoms. The number of aromatic nitrogens is 2. The van der Waals surface area contributed by atoms with Gasteiger partial charge < -0.3 is 15.0 Å². The summed E-state index contributed by atoms with van der Waals surface area (Å²) in [5, 5.41) is 7.72. The highest BCUT2D eigenvalue weighted by Gasteiger charge is 2.32. The van der Waals surface area contributed by atoms with Crippen LogP contribution in [0.25, 0.3) is 5.69 Å². The van der Waals surface area contributed by atoms with Crippen LogP contribution < -0.4 is 5.32 Å². The van der Waals surface area contributed by atoms with Crippen LogP contribution in [0.15, 0.2) is 54.7 Å². The molecule has 7 nitrogen and oxygen atoms in total. The number of nitrogens with one attached hydrogen (secondary N) is 1. The van der Waals surface area contributed by atoms with Gasteiger partial charge in [-0.3, -0.25) is 4.79 Å². The molecule has 0 atom stereocenters. The van der Waals surface area contributed by atoms with Crippen molar-refractivity contribution in [1.29, 1.82) is 0 Å². The van der Waals surface area contributed by atoms with Crippen molar-refractivity contribution in [2.75, 3.05) is 13.1 Å². The Morgan fingerprint density at radius 3 is 2.36 bits per heavy atom. The molecule has 0 radical (unpaired) electrons. The van der Waals surface area contributed by atoms with Crippen molar-refractivity contribution in [3.05, 3.63) is 82.7 Å². The minimum atomic E-state index is -0.528. The fraction of sp³-hybridized carbons (Fsp3) is 0.414. The van der Waals surface area contributed by atoms with Gasteiger partial charge in [0.25, 0.3) is 5.91 Å². The van der Waals surface area contributed by atoms with E-state index < -0.39 is 5.60 Å². The van der Waals surface area contributed by atoms with Gasteiger partial charge in [0.1, 0.15) is 5.60 Å². The van der Waals surface area contributed by atoms with Crippen molar-refractivity contribution < 1.29 is 14.3 Å². The zero-order chi connectivity index (χ0) is 25.9. The van der Waals surface area contributed by atoms with Crippen molar-refractivity contribution in [3.8, 4) is 5.69 Å². The molecule has 0 aliphatic carbocycles. The van der Waals surface area contributed by atoms with Gasteiger partial charge in [0.05, 0.1) is 23.1 Å². The van der Waals surface area contributed by atoms with Gasteiger partial charge >= 0.3 is 6.09 Å². The largest absolute Gasteiger partial charge is 0.444 e. The summed E-state index contributed by atoms with van der Waals surface area (Å²) < 4.78 is 7.46. The maximum absolute atomic E-state index is 13.3. The van der Waals surface area contributed by atoms with Crippen molar-refractivity contribution >= 4 is 12.0 Å². The molecule has 4 rings (SSSR count). The minimum absolute atomic E-state index is 0.0882. The molecule has 0 bridgehead atoms. The summed E-state index contributed by atoms with van der Waals surface area (Å²) in [5.74, 6) is -0.0521. The van der Waals surface area contributed by atoms with Crippen molar-refractivity contribution in [3.63, 3.8) is 0 Å². The van der Waals surface area contributed by atoms with Gasteiger partial charge in [0.2, 0.25) is 0 Å². The van der Waals surface area contributed by atoms with Gasteiger partial charge in [-0.2, -0.15) is 5.10 Å². The number of carbonyl (C=O) groups excluding carboxylic acids is 2. The average Bonchev–Trinajstić information content (AvgIpc) is 3.29. The van der Waals surface area contributed by atoms with E-state index >= 15 is 0 Å². The predicted molar refractivity (Wildman–Crippen MR) is 140 cm³/mol. The van der Waals surface area contributed by atoms with Crippen LogP contribution in [0.3, 0.4) is 0 Å². The summed E-state index contributed by atoms with van der Waals surface area (Å²) in [7, 11) is 0. The Morgan fingerprint density at radius 2 is 1.72 bits per heavy atom. The lowest BCUT2D eigenvalue weighted by Gasteiger charge is -2.34. The van der Waals surface area contributed by atoms with E-state index in [0.29, 0.717) is 25.2 Å². The highest BCUT2D eigenvalue weighted by molar-refractivity contribution is 5.95. The number of piperidine rings is 1. The summed E-state index contributed by atoms with van der Waals surface area (Å²) in [6.07, 6.45) is 2.85. The highest BCUT2D eigenvalue weighted by Crippen LogP contribution is 2.33. The molecule has 1 N–H and O–H groups in total. The first-order chi connectivity index (χ1) is 17.1. The Kier molecular flexibility index (Phi) is 7.48. The Morgan fingerprint density at radius 1 is 1.03 bits per heavy atom. The molecule has 36 heavy (non-hydrogen) atoms. The smallest absolute Gasteiger partial charge is 0.410 e. The number of amides is 2. The number of hydrogen-bond donors (Lipinski definition) is 1. The highest BCUT2D eigenvalue weighted by atomic mass is 16.6. The van der Waals surface area contributed by atoms with Gasteiger partial charge in [-0.05, 0) is 76.3 Å². The molecule has 3 aromatic rings. The molecule has 2 amide bonds. The molecule has 190 valence electrons. The third kappa shape index (κ3) is 5.96. The van der Waals surface area contributed by atoms with Crippen LogP contribution in [0.5, 0.6) is 0 Å². The van der Waals surface area contributed by atoms with E-state index in [0.717, 1.165) is 29.8 Å². The summed E-state index contributed by atoms with van der Waals surface area (Å²) in [6, 6.07) is 16.1. The summed E-state index contributed by atoms with van der Waals surface area (Å²) in [5.41, 5.74) is 5.31. The topological polar surface area (TPSA) is 76.5 Å². The van der Waals surface area contributed by atoms with Crippen molar-refractivity contribution in [2.24, 2.45) is 0 Å². The fourth-order valence-electron chi connectivity index (χ4n) is 4.52. The number of nitrogens with zero attached hydrogens (tertiary/aromatic N) is 3. The van der Waals surface area contributed by atoms with Crippen LogP contribution in [0.2, 0.25) is 0 Å². The van der Waals surface area contributed by atoms with Gasteiger partial charge in [-0.1, -0.05) is 36.4 Å². The number of ether oxygens (including phenoxy) is 1. The molecule has 1 saturated heterocycles. The molecule has 1 aliphatic rings. The van der Waals surface area contributed by atoms with Crippen LogP contribution >= 0.6 is 0 Å².